The zero-order valence-corrected chi connectivity index (χ0v) is 13.7. The van der Waals surface area contributed by atoms with Crippen LogP contribution in [0.3, 0.4) is 0 Å². The van der Waals surface area contributed by atoms with E-state index in [1.54, 1.807) is 6.20 Å². The predicted molar refractivity (Wildman–Crippen MR) is 93.1 cm³/mol. The third-order valence-electron chi connectivity index (χ3n) is 5.04. The molecule has 24 heavy (non-hydrogen) atoms. The number of ether oxygens (including phenoxy) is 1. The van der Waals surface area contributed by atoms with Crippen molar-refractivity contribution in [1.82, 2.24) is 4.98 Å². The molecule has 2 aromatic rings. The standard InChI is InChI=1S/C20H22N2O2/c23-20(18-10-4-6-15-7-5-12-21-19(15)18)22(17-11-13-24-14-17)16-8-2-1-3-9-16/h1-3,5,7-9,12,17-18H,4,6,10-11,13-14H2. The molecule has 0 radical (unpaired) electrons. The lowest BCUT2D eigenvalue weighted by Crippen LogP contribution is -2.44. The van der Waals surface area contributed by atoms with Crippen molar-refractivity contribution in [2.45, 2.75) is 37.6 Å². The summed E-state index contributed by atoms with van der Waals surface area (Å²) >= 11 is 0. The molecule has 0 bridgehead atoms. The lowest BCUT2D eigenvalue weighted by atomic mass is 9.85. The van der Waals surface area contributed by atoms with Gasteiger partial charge in [-0.1, -0.05) is 24.3 Å². The van der Waals surface area contributed by atoms with Gasteiger partial charge in [0, 0.05) is 18.5 Å². The smallest absolute Gasteiger partial charge is 0.236 e. The number of carbonyl (C=O) groups excluding carboxylic acids is 1. The number of para-hydroxylation sites is 1. The summed E-state index contributed by atoms with van der Waals surface area (Å²) in [5.41, 5.74) is 3.15. The van der Waals surface area contributed by atoms with Crippen molar-refractivity contribution >= 4 is 11.6 Å². The highest BCUT2D eigenvalue weighted by Crippen LogP contribution is 2.34. The number of nitrogens with zero attached hydrogens (tertiary/aromatic N) is 2. The summed E-state index contributed by atoms with van der Waals surface area (Å²) in [6.07, 6.45) is 5.63. The zero-order valence-electron chi connectivity index (χ0n) is 13.7. The Morgan fingerprint density at radius 2 is 2.00 bits per heavy atom. The predicted octanol–water partition coefficient (Wildman–Crippen LogP) is 3.32. The molecule has 1 aliphatic carbocycles. The van der Waals surface area contributed by atoms with Crippen molar-refractivity contribution in [3.8, 4) is 0 Å². The number of amides is 1. The normalized spacial score (nSPS) is 22.8. The van der Waals surface area contributed by atoms with E-state index in [1.165, 1.54) is 5.56 Å². The second-order valence-electron chi connectivity index (χ2n) is 6.55. The largest absolute Gasteiger partial charge is 0.379 e. The first kappa shape index (κ1) is 15.3. The van der Waals surface area contributed by atoms with Gasteiger partial charge in [0.05, 0.1) is 24.3 Å². The number of fused-ring (bicyclic) bond motifs is 1. The fraction of sp³-hybridized carbons (Fsp3) is 0.400. The molecule has 1 aromatic heterocycles. The van der Waals surface area contributed by atoms with E-state index >= 15 is 0 Å². The van der Waals surface area contributed by atoms with Gasteiger partial charge >= 0.3 is 0 Å². The van der Waals surface area contributed by atoms with Gasteiger partial charge in [0.25, 0.3) is 0 Å². The molecule has 4 heteroatoms. The van der Waals surface area contributed by atoms with Gasteiger partial charge in [0.15, 0.2) is 0 Å². The summed E-state index contributed by atoms with van der Waals surface area (Å²) in [5, 5.41) is 0. The van der Waals surface area contributed by atoms with E-state index < -0.39 is 0 Å². The van der Waals surface area contributed by atoms with Crippen molar-refractivity contribution in [3.05, 3.63) is 59.9 Å². The lowest BCUT2D eigenvalue weighted by Gasteiger charge is -2.33. The molecular weight excluding hydrogens is 300 g/mol. The van der Waals surface area contributed by atoms with Crippen LogP contribution in [-0.4, -0.2) is 30.1 Å². The van der Waals surface area contributed by atoms with Crippen LogP contribution in [0.25, 0.3) is 0 Å². The molecule has 2 atom stereocenters. The molecule has 2 aliphatic rings. The summed E-state index contributed by atoms with van der Waals surface area (Å²) in [6, 6.07) is 14.2. The number of rotatable bonds is 3. The van der Waals surface area contributed by atoms with Crippen molar-refractivity contribution in [3.63, 3.8) is 0 Å². The highest BCUT2D eigenvalue weighted by molar-refractivity contribution is 5.98. The molecule has 124 valence electrons. The third kappa shape index (κ3) is 2.82. The number of carbonyl (C=O) groups is 1. The van der Waals surface area contributed by atoms with Gasteiger partial charge < -0.3 is 9.64 Å². The Morgan fingerprint density at radius 1 is 1.12 bits per heavy atom. The maximum Gasteiger partial charge on any atom is 0.236 e. The zero-order chi connectivity index (χ0) is 16.4. The minimum absolute atomic E-state index is 0.119. The van der Waals surface area contributed by atoms with Gasteiger partial charge in [0.2, 0.25) is 5.91 Å². The van der Waals surface area contributed by atoms with Crippen LogP contribution in [0.2, 0.25) is 0 Å². The molecular formula is C20H22N2O2. The van der Waals surface area contributed by atoms with E-state index in [0.717, 1.165) is 43.7 Å². The number of aromatic nitrogens is 1. The highest BCUT2D eigenvalue weighted by atomic mass is 16.5. The van der Waals surface area contributed by atoms with E-state index in [1.807, 2.05) is 41.3 Å². The van der Waals surface area contributed by atoms with Crippen LogP contribution < -0.4 is 4.90 Å². The number of hydrogen-bond donors (Lipinski definition) is 0. The Hall–Kier alpha value is -2.20. The maximum atomic E-state index is 13.5. The van der Waals surface area contributed by atoms with Crippen LogP contribution in [0.5, 0.6) is 0 Å². The summed E-state index contributed by atoms with van der Waals surface area (Å²) in [4.78, 5) is 20.0. The Labute approximate surface area is 142 Å². The second-order valence-corrected chi connectivity index (χ2v) is 6.55. The first-order chi connectivity index (χ1) is 11.8. The molecule has 2 heterocycles. The van der Waals surface area contributed by atoms with E-state index in [0.29, 0.717) is 6.61 Å². The first-order valence-electron chi connectivity index (χ1n) is 8.74. The van der Waals surface area contributed by atoms with Crippen LogP contribution in [0, 0.1) is 0 Å². The monoisotopic (exact) mass is 322 g/mol. The topological polar surface area (TPSA) is 42.4 Å². The molecule has 4 rings (SSSR count). The number of anilines is 1. The molecule has 1 aliphatic heterocycles. The Bertz CT molecular complexity index is 711. The van der Waals surface area contributed by atoms with Gasteiger partial charge in [-0.25, -0.2) is 0 Å². The fourth-order valence-electron chi connectivity index (χ4n) is 3.85. The van der Waals surface area contributed by atoms with Crippen LogP contribution in [0.4, 0.5) is 5.69 Å². The fourth-order valence-corrected chi connectivity index (χ4v) is 3.85. The number of pyridine rings is 1. The van der Waals surface area contributed by atoms with Crippen LogP contribution in [-0.2, 0) is 16.0 Å². The molecule has 1 aromatic carbocycles. The minimum atomic E-state index is -0.143. The minimum Gasteiger partial charge on any atom is -0.379 e. The number of benzene rings is 1. The molecule has 2 unspecified atom stereocenters. The van der Waals surface area contributed by atoms with Gasteiger partial charge in [-0.2, -0.15) is 0 Å². The van der Waals surface area contributed by atoms with E-state index in [9.17, 15) is 4.79 Å². The molecule has 0 spiro atoms. The summed E-state index contributed by atoms with van der Waals surface area (Å²) in [7, 11) is 0. The average molecular weight is 322 g/mol. The van der Waals surface area contributed by atoms with Gasteiger partial charge in [-0.05, 0) is 49.4 Å². The molecule has 4 nitrogen and oxygen atoms in total. The van der Waals surface area contributed by atoms with E-state index in [4.69, 9.17) is 4.74 Å². The van der Waals surface area contributed by atoms with Crippen molar-refractivity contribution < 1.29 is 9.53 Å². The van der Waals surface area contributed by atoms with Crippen LogP contribution >= 0.6 is 0 Å². The lowest BCUT2D eigenvalue weighted by molar-refractivity contribution is -0.121. The molecule has 1 fully saturated rings. The number of aryl methyl sites for hydroxylation is 1. The Morgan fingerprint density at radius 3 is 2.79 bits per heavy atom. The molecule has 0 N–H and O–H groups in total. The summed E-state index contributed by atoms with van der Waals surface area (Å²) in [5.74, 6) is 0.0205. The van der Waals surface area contributed by atoms with E-state index in [2.05, 4.69) is 11.1 Å². The SMILES string of the molecule is O=C(C1CCCc2cccnc21)N(c1ccccc1)C1CCOC1. The first-order valence-corrected chi connectivity index (χ1v) is 8.74. The van der Waals surface area contributed by atoms with Crippen LogP contribution in [0.15, 0.2) is 48.7 Å². The summed E-state index contributed by atoms with van der Waals surface area (Å²) < 4.78 is 5.56. The molecule has 1 amide bonds. The third-order valence-corrected chi connectivity index (χ3v) is 5.04. The van der Waals surface area contributed by atoms with Crippen LogP contribution in [0.1, 0.15) is 36.4 Å². The Balaban J connectivity index is 1.70. The highest BCUT2D eigenvalue weighted by Gasteiger charge is 2.36. The summed E-state index contributed by atoms with van der Waals surface area (Å²) in [6.45, 7) is 1.34. The van der Waals surface area contributed by atoms with Gasteiger partial charge in [-0.15, -0.1) is 0 Å². The van der Waals surface area contributed by atoms with Crippen molar-refractivity contribution in [1.29, 1.82) is 0 Å². The second kappa shape index (κ2) is 6.73. The maximum absolute atomic E-state index is 13.5. The van der Waals surface area contributed by atoms with E-state index in [-0.39, 0.29) is 17.9 Å². The van der Waals surface area contributed by atoms with Gasteiger partial charge in [0.1, 0.15) is 0 Å². The van der Waals surface area contributed by atoms with Crippen molar-refractivity contribution in [2.75, 3.05) is 18.1 Å². The Kier molecular flexibility index (Phi) is 4.30. The van der Waals surface area contributed by atoms with Gasteiger partial charge in [-0.3, -0.25) is 9.78 Å². The van der Waals surface area contributed by atoms with Crippen molar-refractivity contribution in [2.24, 2.45) is 0 Å². The average Bonchev–Trinajstić information content (AvgIpc) is 3.16. The quantitative estimate of drug-likeness (QED) is 0.870. The molecule has 1 saturated heterocycles. The molecule has 0 saturated carbocycles. The number of hydrogen-bond acceptors (Lipinski definition) is 3.